The van der Waals surface area contributed by atoms with E-state index in [-0.39, 0.29) is 0 Å². The van der Waals surface area contributed by atoms with Crippen molar-refractivity contribution in [2.75, 3.05) is 16.5 Å². The van der Waals surface area contributed by atoms with Gasteiger partial charge < -0.3 is 9.80 Å². The number of aromatic nitrogens is 1. The summed E-state index contributed by atoms with van der Waals surface area (Å²) in [6.07, 6.45) is 2.01. The van der Waals surface area contributed by atoms with Crippen LogP contribution in [0.5, 0.6) is 0 Å². The minimum Gasteiger partial charge on any atom is -0.320 e. The Kier molecular flexibility index (Phi) is 4.28. The second-order valence-electron chi connectivity index (χ2n) is 7.50. The van der Waals surface area contributed by atoms with E-state index in [0.717, 1.165) is 29.4 Å². The summed E-state index contributed by atoms with van der Waals surface area (Å²) in [6, 6.07) is 29.8. The van der Waals surface area contributed by atoms with Gasteiger partial charge in [-0.15, -0.1) is 0 Å². The molecule has 0 unspecified atom stereocenters. The molecule has 0 amide bonds. The summed E-state index contributed by atoms with van der Waals surface area (Å²) in [6.45, 7) is 5.08. The van der Waals surface area contributed by atoms with Crippen molar-refractivity contribution in [2.24, 2.45) is 0 Å². The van der Waals surface area contributed by atoms with E-state index in [2.05, 4.69) is 103 Å². The molecule has 1 aliphatic rings. The van der Waals surface area contributed by atoms with Crippen LogP contribution in [0.4, 0.5) is 22.9 Å². The zero-order chi connectivity index (χ0) is 19.8. The van der Waals surface area contributed by atoms with Gasteiger partial charge in [0.15, 0.2) is 5.82 Å². The molecule has 0 atom stereocenters. The van der Waals surface area contributed by atoms with Gasteiger partial charge >= 0.3 is 0 Å². The smallest absolute Gasteiger partial charge is 0.158 e. The number of anilines is 4. The van der Waals surface area contributed by atoms with Crippen LogP contribution in [0.25, 0.3) is 11.1 Å². The summed E-state index contributed by atoms with van der Waals surface area (Å²) >= 11 is 0. The first-order chi connectivity index (χ1) is 14.2. The summed E-state index contributed by atoms with van der Waals surface area (Å²) < 4.78 is 0. The van der Waals surface area contributed by atoms with Crippen molar-refractivity contribution in [3.63, 3.8) is 0 Å². The SMILES string of the molecule is Cc1cccc(C)c1-c1cnc2c(c1)N(c1ccccc1)CN2c1ccccc1. The molecule has 0 spiro atoms. The van der Waals surface area contributed by atoms with E-state index < -0.39 is 0 Å². The summed E-state index contributed by atoms with van der Waals surface area (Å²) in [5, 5.41) is 0. The molecule has 1 aromatic heterocycles. The maximum atomic E-state index is 4.94. The Labute approximate surface area is 171 Å². The molecule has 2 heterocycles. The van der Waals surface area contributed by atoms with Gasteiger partial charge in [-0.25, -0.2) is 4.98 Å². The Hall–Kier alpha value is -3.59. The molecule has 3 heteroatoms. The molecule has 3 nitrogen and oxygen atoms in total. The lowest BCUT2D eigenvalue weighted by Crippen LogP contribution is -2.23. The van der Waals surface area contributed by atoms with Crippen LogP contribution in [0.1, 0.15) is 11.1 Å². The molecule has 4 aromatic rings. The van der Waals surface area contributed by atoms with Crippen molar-refractivity contribution < 1.29 is 0 Å². The van der Waals surface area contributed by atoms with Crippen molar-refractivity contribution in [1.82, 2.24) is 4.98 Å². The van der Waals surface area contributed by atoms with Crippen LogP contribution in [0.15, 0.2) is 91.1 Å². The van der Waals surface area contributed by atoms with E-state index in [9.17, 15) is 0 Å². The molecule has 0 bridgehead atoms. The van der Waals surface area contributed by atoms with E-state index in [0.29, 0.717) is 0 Å². The standard InChI is InChI=1S/C26H23N3/c1-19-10-9-11-20(2)25(19)21-16-24-26(27-17-21)29(23-14-7-4-8-15-23)18-28(24)22-12-5-3-6-13-22/h3-17H,18H2,1-2H3. The van der Waals surface area contributed by atoms with Crippen LogP contribution >= 0.6 is 0 Å². The molecule has 0 radical (unpaired) electrons. The third kappa shape index (κ3) is 3.05. The molecule has 0 aliphatic carbocycles. The first-order valence-corrected chi connectivity index (χ1v) is 9.94. The highest BCUT2D eigenvalue weighted by Gasteiger charge is 2.30. The minimum absolute atomic E-state index is 0.743. The number of hydrogen-bond donors (Lipinski definition) is 0. The zero-order valence-electron chi connectivity index (χ0n) is 16.7. The second-order valence-corrected chi connectivity index (χ2v) is 7.50. The van der Waals surface area contributed by atoms with Gasteiger partial charge in [0.25, 0.3) is 0 Å². The van der Waals surface area contributed by atoms with Gasteiger partial charge in [0.05, 0.1) is 5.69 Å². The number of hydrogen-bond acceptors (Lipinski definition) is 3. The van der Waals surface area contributed by atoms with Crippen LogP contribution < -0.4 is 9.80 Å². The number of pyridine rings is 1. The van der Waals surface area contributed by atoms with Gasteiger partial charge in [-0.2, -0.15) is 0 Å². The highest BCUT2D eigenvalue weighted by molar-refractivity contribution is 5.87. The summed E-state index contributed by atoms with van der Waals surface area (Å²) in [5.41, 5.74) is 8.45. The molecule has 5 rings (SSSR count). The predicted molar refractivity (Wildman–Crippen MR) is 121 cm³/mol. The number of fused-ring (bicyclic) bond motifs is 1. The Balaban J connectivity index is 1.68. The fourth-order valence-corrected chi connectivity index (χ4v) is 4.18. The number of aryl methyl sites for hydroxylation is 2. The number of rotatable bonds is 3. The van der Waals surface area contributed by atoms with Crippen LogP contribution in [0.3, 0.4) is 0 Å². The van der Waals surface area contributed by atoms with Gasteiger partial charge in [-0.3, -0.25) is 0 Å². The molecule has 0 N–H and O–H groups in total. The van der Waals surface area contributed by atoms with Crippen molar-refractivity contribution in [3.8, 4) is 11.1 Å². The molecule has 0 saturated heterocycles. The highest BCUT2D eigenvalue weighted by atomic mass is 15.4. The van der Waals surface area contributed by atoms with E-state index in [1.807, 2.05) is 12.3 Å². The van der Waals surface area contributed by atoms with Gasteiger partial charge in [0.1, 0.15) is 6.67 Å². The fraction of sp³-hybridized carbons (Fsp3) is 0.115. The van der Waals surface area contributed by atoms with Crippen molar-refractivity contribution >= 4 is 22.9 Å². The first-order valence-electron chi connectivity index (χ1n) is 9.94. The number of para-hydroxylation sites is 2. The van der Waals surface area contributed by atoms with Gasteiger partial charge in [0.2, 0.25) is 0 Å². The first kappa shape index (κ1) is 17.5. The molecule has 0 saturated carbocycles. The van der Waals surface area contributed by atoms with E-state index in [1.165, 1.54) is 22.4 Å². The van der Waals surface area contributed by atoms with Gasteiger partial charge in [-0.05, 0) is 60.9 Å². The quantitative estimate of drug-likeness (QED) is 0.400. The normalized spacial score (nSPS) is 12.9. The maximum absolute atomic E-state index is 4.94. The molecular weight excluding hydrogens is 354 g/mol. The average Bonchev–Trinajstić information content (AvgIpc) is 3.14. The van der Waals surface area contributed by atoms with Crippen LogP contribution in [-0.4, -0.2) is 11.7 Å². The van der Waals surface area contributed by atoms with E-state index in [4.69, 9.17) is 4.98 Å². The molecule has 29 heavy (non-hydrogen) atoms. The monoisotopic (exact) mass is 377 g/mol. The van der Waals surface area contributed by atoms with Gasteiger partial charge in [0, 0.05) is 23.1 Å². The Morgan fingerprint density at radius 3 is 1.90 bits per heavy atom. The minimum atomic E-state index is 0.743. The highest BCUT2D eigenvalue weighted by Crippen LogP contribution is 2.44. The lowest BCUT2D eigenvalue weighted by atomic mass is 9.97. The molecule has 0 fully saturated rings. The Morgan fingerprint density at radius 1 is 0.690 bits per heavy atom. The molecular formula is C26H23N3. The second kappa shape index (κ2) is 7.10. The Morgan fingerprint density at radius 2 is 1.28 bits per heavy atom. The van der Waals surface area contributed by atoms with Crippen LogP contribution in [0, 0.1) is 13.8 Å². The number of nitrogens with zero attached hydrogens (tertiary/aromatic N) is 3. The van der Waals surface area contributed by atoms with Crippen LogP contribution in [0.2, 0.25) is 0 Å². The van der Waals surface area contributed by atoms with Gasteiger partial charge in [-0.1, -0.05) is 54.6 Å². The summed E-state index contributed by atoms with van der Waals surface area (Å²) in [7, 11) is 0. The zero-order valence-corrected chi connectivity index (χ0v) is 16.7. The third-order valence-corrected chi connectivity index (χ3v) is 5.58. The number of benzene rings is 3. The fourth-order valence-electron chi connectivity index (χ4n) is 4.18. The van der Waals surface area contributed by atoms with Crippen LogP contribution in [-0.2, 0) is 0 Å². The predicted octanol–water partition coefficient (Wildman–Crippen LogP) is 6.61. The lowest BCUT2D eigenvalue weighted by Gasteiger charge is -2.21. The third-order valence-electron chi connectivity index (χ3n) is 5.58. The molecule has 142 valence electrons. The summed E-state index contributed by atoms with van der Waals surface area (Å²) in [4.78, 5) is 9.55. The van der Waals surface area contributed by atoms with E-state index >= 15 is 0 Å². The summed E-state index contributed by atoms with van der Waals surface area (Å²) in [5.74, 6) is 0.995. The topological polar surface area (TPSA) is 19.4 Å². The lowest BCUT2D eigenvalue weighted by molar-refractivity contribution is 0.981. The maximum Gasteiger partial charge on any atom is 0.158 e. The van der Waals surface area contributed by atoms with Crippen molar-refractivity contribution in [3.05, 3.63) is 102 Å². The largest absolute Gasteiger partial charge is 0.320 e. The molecule has 3 aromatic carbocycles. The molecule has 1 aliphatic heterocycles. The Bertz CT molecular complexity index is 1130. The van der Waals surface area contributed by atoms with E-state index in [1.54, 1.807) is 0 Å². The van der Waals surface area contributed by atoms with Crippen molar-refractivity contribution in [1.29, 1.82) is 0 Å². The average molecular weight is 377 g/mol. The van der Waals surface area contributed by atoms with Crippen molar-refractivity contribution in [2.45, 2.75) is 13.8 Å².